The van der Waals surface area contributed by atoms with Gasteiger partial charge in [-0.3, -0.25) is 4.79 Å². The first-order valence-corrected chi connectivity index (χ1v) is 8.51. The van der Waals surface area contributed by atoms with Crippen molar-refractivity contribution >= 4 is 17.5 Å². The molecular weight excluding hydrogens is 296 g/mol. The molecule has 22 heavy (non-hydrogen) atoms. The molecule has 2 rings (SSSR count). The topological polar surface area (TPSA) is 41.1 Å². The largest absolute Gasteiger partial charge is 0.356 e. The first kappa shape index (κ1) is 17.0. The van der Waals surface area contributed by atoms with Crippen molar-refractivity contribution in [2.24, 2.45) is 0 Å². The quantitative estimate of drug-likeness (QED) is 0.564. The third-order valence-electron chi connectivity index (χ3n) is 3.92. The predicted octanol–water partition coefficient (Wildman–Crippen LogP) is 3.83. The van der Waals surface area contributed by atoms with Crippen LogP contribution >= 0.6 is 11.6 Å². The Hall–Kier alpha value is -1.32. The van der Waals surface area contributed by atoms with Crippen LogP contribution in [0.3, 0.4) is 0 Å². The number of hydrogen-bond acceptors (Lipinski definition) is 2. The molecule has 0 fully saturated rings. The Balaban J connectivity index is 1.52. The molecule has 0 atom stereocenters. The summed E-state index contributed by atoms with van der Waals surface area (Å²) in [6, 6.07) is 7.75. The number of rotatable bonds is 8. The molecule has 120 valence electrons. The SMILES string of the molecule is O=C(CCNCc1ccc(Cl)cc1)NCCC1=CCCCC1. The molecule has 1 aromatic rings. The van der Waals surface area contributed by atoms with Gasteiger partial charge >= 0.3 is 0 Å². The van der Waals surface area contributed by atoms with E-state index < -0.39 is 0 Å². The average molecular weight is 321 g/mol. The smallest absolute Gasteiger partial charge is 0.221 e. The average Bonchev–Trinajstić information content (AvgIpc) is 2.54. The molecule has 1 aliphatic rings. The van der Waals surface area contributed by atoms with Crippen LogP contribution in [0.25, 0.3) is 0 Å². The van der Waals surface area contributed by atoms with E-state index in [1.54, 1.807) is 0 Å². The molecule has 1 aromatic carbocycles. The van der Waals surface area contributed by atoms with Gasteiger partial charge in [-0.1, -0.05) is 35.4 Å². The molecule has 0 radical (unpaired) electrons. The number of carbonyl (C=O) groups is 1. The summed E-state index contributed by atoms with van der Waals surface area (Å²) in [6.07, 6.45) is 8.89. The van der Waals surface area contributed by atoms with Gasteiger partial charge in [-0.05, 0) is 49.8 Å². The first-order valence-electron chi connectivity index (χ1n) is 8.14. The minimum absolute atomic E-state index is 0.125. The maximum Gasteiger partial charge on any atom is 0.221 e. The lowest BCUT2D eigenvalue weighted by molar-refractivity contribution is -0.120. The maximum absolute atomic E-state index is 11.8. The fraction of sp³-hybridized carbons (Fsp3) is 0.500. The molecule has 0 heterocycles. The standard InChI is InChI=1S/C18H25ClN2O/c19-17-8-6-16(7-9-17)14-20-12-11-18(22)21-13-10-15-4-2-1-3-5-15/h4,6-9,20H,1-3,5,10-14H2,(H,21,22). The fourth-order valence-electron chi connectivity index (χ4n) is 2.62. The predicted molar refractivity (Wildman–Crippen MR) is 92.0 cm³/mol. The molecule has 0 unspecified atom stereocenters. The molecular formula is C18H25ClN2O. The van der Waals surface area contributed by atoms with E-state index in [9.17, 15) is 4.79 Å². The van der Waals surface area contributed by atoms with Gasteiger partial charge in [0.05, 0.1) is 0 Å². The van der Waals surface area contributed by atoms with E-state index in [2.05, 4.69) is 16.7 Å². The monoisotopic (exact) mass is 320 g/mol. The van der Waals surface area contributed by atoms with E-state index in [0.29, 0.717) is 13.0 Å². The zero-order valence-corrected chi connectivity index (χ0v) is 13.8. The van der Waals surface area contributed by atoms with Gasteiger partial charge in [-0.15, -0.1) is 0 Å². The number of carbonyl (C=O) groups excluding carboxylic acids is 1. The third kappa shape index (κ3) is 6.63. The zero-order valence-electron chi connectivity index (χ0n) is 13.0. The third-order valence-corrected chi connectivity index (χ3v) is 4.18. The van der Waals surface area contributed by atoms with Crippen LogP contribution in [-0.2, 0) is 11.3 Å². The van der Waals surface area contributed by atoms with Crippen molar-refractivity contribution in [3.05, 3.63) is 46.5 Å². The van der Waals surface area contributed by atoms with Crippen LogP contribution in [0.5, 0.6) is 0 Å². The summed E-state index contributed by atoms with van der Waals surface area (Å²) in [5, 5.41) is 7.02. The molecule has 4 heteroatoms. The maximum atomic E-state index is 11.8. The highest BCUT2D eigenvalue weighted by Crippen LogP contribution is 2.19. The van der Waals surface area contributed by atoms with Gasteiger partial charge in [0.2, 0.25) is 5.91 Å². The van der Waals surface area contributed by atoms with Crippen LogP contribution in [0.4, 0.5) is 0 Å². The number of allylic oxidation sites excluding steroid dienone is 1. The molecule has 0 aliphatic heterocycles. The Bertz CT molecular complexity index is 496. The molecule has 2 N–H and O–H groups in total. The molecule has 1 aliphatic carbocycles. The first-order chi connectivity index (χ1) is 10.7. The second-order valence-corrected chi connectivity index (χ2v) is 6.20. The van der Waals surface area contributed by atoms with Crippen molar-refractivity contribution < 1.29 is 4.79 Å². The van der Waals surface area contributed by atoms with E-state index in [1.165, 1.54) is 36.8 Å². The highest BCUT2D eigenvalue weighted by molar-refractivity contribution is 6.30. The van der Waals surface area contributed by atoms with E-state index >= 15 is 0 Å². The van der Waals surface area contributed by atoms with Crippen molar-refractivity contribution in [1.82, 2.24) is 10.6 Å². The molecule has 3 nitrogen and oxygen atoms in total. The number of nitrogens with one attached hydrogen (secondary N) is 2. The number of hydrogen-bond donors (Lipinski definition) is 2. The summed E-state index contributed by atoms with van der Waals surface area (Å²) in [5.41, 5.74) is 2.68. The molecule has 0 saturated carbocycles. The van der Waals surface area contributed by atoms with Gasteiger partial charge in [-0.2, -0.15) is 0 Å². The fourth-order valence-corrected chi connectivity index (χ4v) is 2.75. The van der Waals surface area contributed by atoms with Gasteiger partial charge in [-0.25, -0.2) is 0 Å². The second kappa shape index (κ2) is 9.65. The Labute approximate surface area is 138 Å². The Morgan fingerprint density at radius 1 is 1.14 bits per heavy atom. The number of benzene rings is 1. The molecule has 0 aromatic heterocycles. The summed E-state index contributed by atoms with van der Waals surface area (Å²) in [7, 11) is 0. The number of halogens is 1. The van der Waals surface area contributed by atoms with Gasteiger partial charge < -0.3 is 10.6 Å². The highest BCUT2D eigenvalue weighted by atomic mass is 35.5. The van der Waals surface area contributed by atoms with Gasteiger partial charge in [0, 0.05) is 31.1 Å². The van der Waals surface area contributed by atoms with Crippen molar-refractivity contribution in [3.63, 3.8) is 0 Å². The van der Waals surface area contributed by atoms with Crippen LogP contribution in [0.2, 0.25) is 5.02 Å². The lowest BCUT2D eigenvalue weighted by Gasteiger charge is -2.13. The minimum atomic E-state index is 0.125. The van der Waals surface area contributed by atoms with Crippen LogP contribution < -0.4 is 10.6 Å². The van der Waals surface area contributed by atoms with Crippen LogP contribution in [0.15, 0.2) is 35.9 Å². The zero-order chi connectivity index (χ0) is 15.6. The van der Waals surface area contributed by atoms with Crippen molar-refractivity contribution in [2.45, 2.75) is 45.1 Å². The van der Waals surface area contributed by atoms with Crippen LogP contribution in [0, 0.1) is 0 Å². The molecule has 0 bridgehead atoms. The second-order valence-electron chi connectivity index (χ2n) is 5.76. The van der Waals surface area contributed by atoms with Crippen molar-refractivity contribution in [3.8, 4) is 0 Å². The van der Waals surface area contributed by atoms with E-state index in [1.807, 2.05) is 24.3 Å². The van der Waals surface area contributed by atoms with Crippen molar-refractivity contribution in [1.29, 1.82) is 0 Å². The lowest BCUT2D eigenvalue weighted by Crippen LogP contribution is -2.28. The Morgan fingerprint density at radius 3 is 2.68 bits per heavy atom. The van der Waals surface area contributed by atoms with Gasteiger partial charge in [0.15, 0.2) is 0 Å². The highest BCUT2D eigenvalue weighted by Gasteiger charge is 2.05. The molecule has 1 amide bonds. The number of amides is 1. The van der Waals surface area contributed by atoms with Crippen LogP contribution in [0.1, 0.15) is 44.1 Å². The summed E-state index contributed by atoms with van der Waals surface area (Å²) < 4.78 is 0. The van der Waals surface area contributed by atoms with E-state index in [4.69, 9.17) is 11.6 Å². The van der Waals surface area contributed by atoms with E-state index in [0.717, 1.165) is 24.5 Å². The summed E-state index contributed by atoms with van der Waals surface area (Å²) in [6.45, 7) is 2.22. The van der Waals surface area contributed by atoms with Crippen LogP contribution in [-0.4, -0.2) is 19.0 Å². The Kier molecular flexibility index (Phi) is 7.47. The summed E-state index contributed by atoms with van der Waals surface area (Å²) >= 11 is 5.84. The minimum Gasteiger partial charge on any atom is -0.356 e. The summed E-state index contributed by atoms with van der Waals surface area (Å²) in [4.78, 5) is 11.8. The Morgan fingerprint density at radius 2 is 1.95 bits per heavy atom. The molecule has 0 saturated heterocycles. The molecule has 0 spiro atoms. The van der Waals surface area contributed by atoms with Crippen molar-refractivity contribution in [2.75, 3.05) is 13.1 Å². The van der Waals surface area contributed by atoms with Gasteiger partial charge in [0.25, 0.3) is 0 Å². The van der Waals surface area contributed by atoms with E-state index in [-0.39, 0.29) is 5.91 Å². The van der Waals surface area contributed by atoms with Gasteiger partial charge in [0.1, 0.15) is 0 Å². The summed E-state index contributed by atoms with van der Waals surface area (Å²) in [5.74, 6) is 0.125. The normalized spacial score (nSPS) is 14.5. The lowest BCUT2D eigenvalue weighted by atomic mass is 9.97.